The Balaban J connectivity index is 2.28. The van der Waals surface area contributed by atoms with E-state index in [-0.39, 0.29) is 11.1 Å². The number of nitrogens with zero attached hydrogens (tertiary/aromatic N) is 2. The van der Waals surface area contributed by atoms with E-state index in [1.807, 2.05) is 0 Å². The van der Waals surface area contributed by atoms with Crippen LogP contribution in [0, 0.1) is 6.92 Å². The summed E-state index contributed by atoms with van der Waals surface area (Å²) >= 11 is 7.37. The van der Waals surface area contributed by atoms with Crippen molar-refractivity contribution in [2.45, 2.75) is 13.0 Å². The summed E-state index contributed by atoms with van der Waals surface area (Å²) in [5, 5.41) is 9.41. The molecule has 1 fully saturated rings. The van der Waals surface area contributed by atoms with Crippen molar-refractivity contribution in [3.8, 4) is 0 Å². The minimum absolute atomic E-state index is 0.238. The highest BCUT2D eigenvalue weighted by atomic mass is 35.5. The van der Waals surface area contributed by atoms with Gasteiger partial charge in [0.25, 0.3) is 5.91 Å². The van der Waals surface area contributed by atoms with Gasteiger partial charge in [0.15, 0.2) is 0 Å². The summed E-state index contributed by atoms with van der Waals surface area (Å²) < 4.78 is 0. The summed E-state index contributed by atoms with van der Waals surface area (Å²) in [5.41, 5.74) is 1.02. The number of halogens is 1. The van der Waals surface area contributed by atoms with E-state index >= 15 is 0 Å². The van der Waals surface area contributed by atoms with Crippen LogP contribution < -0.4 is 0 Å². The van der Waals surface area contributed by atoms with Gasteiger partial charge in [0.2, 0.25) is 0 Å². The molecule has 0 saturated carbocycles. The number of carboxylic acid groups (broad SMARTS) is 1. The van der Waals surface area contributed by atoms with Gasteiger partial charge in [0.05, 0.1) is 0 Å². The van der Waals surface area contributed by atoms with E-state index in [0.29, 0.717) is 23.6 Å². The second-order valence-electron chi connectivity index (χ2n) is 4.25. The first kappa shape index (κ1) is 14.1. The number of pyridine rings is 1. The molecule has 102 valence electrons. The number of hydrogen-bond donors (Lipinski definition) is 1. The van der Waals surface area contributed by atoms with Gasteiger partial charge in [-0.3, -0.25) is 4.79 Å². The lowest BCUT2D eigenvalue weighted by atomic mass is 10.1. The highest BCUT2D eigenvalue weighted by molar-refractivity contribution is 7.99. The quantitative estimate of drug-likeness (QED) is 0.842. The highest BCUT2D eigenvalue weighted by Crippen LogP contribution is 2.20. The molecule has 0 aromatic carbocycles. The third-order valence-corrected chi connectivity index (χ3v) is 4.06. The van der Waals surface area contributed by atoms with Crippen LogP contribution in [-0.4, -0.2) is 51.0 Å². The second-order valence-corrected chi connectivity index (χ2v) is 5.78. The molecule has 0 spiro atoms. The number of thioether (sulfide) groups is 1. The number of carbonyl (C=O) groups is 2. The third-order valence-electron chi connectivity index (χ3n) is 2.84. The first-order chi connectivity index (χ1) is 8.99. The van der Waals surface area contributed by atoms with Crippen LogP contribution in [0.15, 0.2) is 12.1 Å². The van der Waals surface area contributed by atoms with Crippen molar-refractivity contribution in [3.63, 3.8) is 0 Å². The monoisotopic (exact) mass is 300 g/mol. The fourth-order valence-corrected chi connectivity index (χ4v) is 3.26. The molecule has 0 aliphatic carbocycles. The molecule has 0 bridgehead atoms. The van der Waals surface area contributed by atoms with E-state index in [0.717, 1.165) is 5.75 Å². The number of rotatable bonds is 2. The average molecular weight is 301 g/mol. The number of aryl methyl sites for hydroxylation is 1. The van der Waals surface area contributed by atoms with Gasteiger partial charge in [-0.05, 0) is 19.1 Å². The molecule has 1 saturated heterocycles. The lowest BCUT2D eigenvalue weighted by Crippen LogP contribution is -2.50. The fraction of sp³-hybridized carbons (Fsp3) is 0.417. The predicted octanol–water partition coefficient (Wildman–Crippen LogP) is 1.69. The maximum atomic E-state index is 12.4. The van der Waals surface area contributed by atoms with Crippen molar-refractivity contribution >= 4 is 35.2 Å². The summed E-state index contributed by atoms with van der Waals surface area (Å²) in [6, 6.07) is 2.31. The lowest BCUT2D eigenvalue weighted by molar-refractivity contribution is -0.141. The zero-order chi connectivity index (χ0) is 14.0. The first-order valence-corrected chi connectivity index (χ1v) is 7.28. The van der Waals surface area contributed by atoms with Gasteiger partial charge in [-0.25, -0.2) is 9.78 Å². The Bertz CT molecular complexity index is 503. The van der Waals surface area contributed by atoms with Crippen molar-refractivity contribution in [3.05, 3.63) is 28.5 Å². The molecule has 1 amide bonds. The zero-order valence-electron chi connectivity index (χ0n) is 10.3. The van der Waals surface area contributed by atoms with Gasteiger partial charge in [-0.1, -0.05) is 11.6 Å². The van der Waals surface area contributed by atoms with E-state index in [1.54, 1.807) is 24.8 Å². The second kappa shape index (κ2) is 5.79. The Labute approximate surface area is 120 Å². The van der Waals surface area contributed by atoms with Crippen LogP contribution >= 0.6 is 23.4 Å². The zero-order valence-corrected chi connectivity index (χ0v) is 11.9. The van der Waals surface area contributed by atoms with Crippen LogP contribution in [0.5, 0.6) is 0 Å². The molecule has 0 radical (unpaired) electrons. The molecule has 1 aliphatic heterocycles. The maximum absolute atomic E-state index is 12.4. The number of carbonyl (C=O) groups excluding carboxylic acids is 1. The van der Waals surface area contributed by atoms with Crippen molar-refractivity contribution in [1.82, 2.24) is 9.88 Å². The van der Waals surface area contributed by atoms with Gasteiger partial charge in [-0.15, -0.1) is 0 Å². The Morgan fingerprint density at radius 1 is 1.53 bits per heavy atom. The summed E-state index contributed by atoms with van der Waals surface area (Å²) in [6.45, 7) is 2.17. The predicted molar refractivity (Wildman–Crippen MR) is 73.8 cm³/mol. The van der Waals surface area contributed by atoms with Gasteiger partial charge < -0.3 is 10.0 Å². The SMILES string of the molecule is Cc1cc(C(=O)N2CCSCC2C(=O)O)cc(Cl)n1. The molecule has 1 N–H and O–H groups in total. The van der Waals surface area contributed by atoms with Gasteiger partial charge in [-0.2, -0.15) is 11.8 Å². The van der Waals surface area contributed by atoms with Crippen molar-refractivity contribution in [2.24, 2.45) is 0 Å². The molecule has 5 nitrogen and oxygen atoms in total. The minimum Gasteiger partial charge on any atom is -0.480 e. The Hall–Kier alpha value is -1.27. The molecule has 1 aromatic rings. The Morgan fingerprint density at radius 2 is 2.26 bits per heavy atom. The number of amides is 1. The number of carboxylic acids is 1. The largest absolute Gasteiger partial charge is 0.480 e. The molecule has 7 heteroatoms. The molecule has 2 rings (SSSR count). The van der Waals surface area contributed by atoms with E-state index in [1.165, 1.54) is 11.0 Å². The Kier molecular flexibility index (Phi) is 4.31. The smallest absolute Gasteiger partial charge is 0.327 e. The van der Waals surface area contributed by atoms with E-state index < -0.39 is 12.0 Å². The first-order valence-electron chi connectivity index (χ1n) is 5.75. The van der Waals surface area contributed by atoms with Crippen molar-refractivity contribution in [1.29, 1.82) is 0 Å². The average Bonchev–Trinajstić information content (AvgIpc) is 2.36. The molecule has 2 heterocycles. The summed E-state index contributed by atoms with van der Waals surface area (Å²) in [6.07, 6.45) is 0. The van der Waals surface area contributed by atoms with E-state index in [4.69, 9.17) is 16.7 Å². The van der Waals surface area contributed by atoms with Crippen molar-refractivity contribution in [2.75, 3.05) is 18.1 Å². The van der Waals surface area contributed by atoms with E-state index in [9.17, 15) is 9.59 Å². The van der Waals surface area contributed by atoms with Gasteiger partial charge >= 0.3 is 5.97 Å². The third kappa shape index (κ3) is 3.19. The summed E-state index contributed by atoms with van der Waals surface area (Å²) in [4.78, 5) is 29.0. The Morgan fingerprint density at radius 3 is 2.89 bits per heavy atom. The van der Waals surface area contributed by atoms with Crippen LogP contribution in [0.1, 0.15) is 16.1 Å². The van der Waals surface area contributed by atoms with Gasteiger partial charge in [0, 0.05) is 29.3 Å². The molecular formula is C12H13ClN2O3S. The van der Waals surface area contributed by atoms with E-state index in [2.05, 4.69) is 4.98 Å². The normalized spacial score (nSPS) is 19.3. The van der Waals surface area contributed by atoms with Crippen LogP contribution in [0.3, 0.4) is 0 Å². The highest BCUT2D eigenvalue weighted by Gasteiger charge is 2.33. The van der Waals surface area contributed by atoms with Crippen LogP contribution in [0.25, 0.3) is 0 Å². The standard InChI is InChI=1S/C12H13ClN2O3S/c1-7-4-8(5-10(13)14-7)11(16)15-2-3-19-6-9(15)12(17)18/h4-5,9H,2-3,6H2,1H3,(H,17,18). The molecule has 1 unspecified atom stereocenters. The topological polar surface area (TPSA) is 70.5 Å². The minimum atomic E-state index is -0.975. The maximum Gasteiger partial charge on any atom is 0.327 e. The lowest BCUT2D eigenvalue weighted by Gasteiger charge is -2.32. The molecule has 19 heavy (non-hydrogen) atoms. The van der Waals surface area contributed by atoms with Crippen LogP contribution in [0.4, 0.5) is 0 Å². The number of hydrogen-bond acceptors (Lipinski definition) is 4. The van der Waals surface area contributed by atoms with Crippen molar-refractivity contribution < 1.29 is 14.7 Å². The van der Waals surface area contributed by atoms with Crippen LogP contribution in [0.2, 0.25) is 5.15 Å². The number of aliphatic carboxylic acids is 1. The molecular weight excluding hydrogens is 288 g/mol. The molecule has 1 atom stereocenters. The summed E-state index contributed by atoms with van der Waals surface area (Å²) in [5.74, 6) is -0.121. The van der Waals surface area contributed by atoms with Gasteiger partial charge in [0.1, 0.15) is 11.2 Å². The summed E-state index contributed by atoms with van der Waals surface area (Å²) in [7, 11) is 0. The molecule has 1 aliphatic rings. The fourth-order valence-electron chi connectivity index (χ4n) is 1.97. The molecule has 1 aromatic heterocycles. The van der Waals surface area contributed by atoms with Crippen LogP contribution in [-0.2, 0) is 4.79 Å². The number of aromatic nitrogens is 1.